The lowest BCUT2D eigenvalue weighted by Crippen LogP contribution is -2.08. The maximum absolute atomic E-state index is 13.0. The van der Waals surface area contributed by atoms with Gasteiger partial charge >= 0.3 is 5.97 Å². The van der Waals surface area contributed by atoms with Gasteiger partial charge in [0, 0.05) is 17.3 Å². The first kappa shape index (κ1) is 18.3. The Kier molecular flexibility index (Phi) is 5.56. The van der Waals surface area contributed by atoms with Crippen LogP contribution in [0, 0.1) is 5.82 Å². The maximum Gasteiger partial charge on any atom is 0.359 e. The summed E-state index contributed by atoms with van der Waals surface area (Å²) >= 11 is 0. The molecule has 0 radical (unpaired) electrons. The van der Waals surface area contributed by atoms with Crippen LogP contribution in [0.3, 0.4) is 0 Å². The minimum Gasteiger partial charge on any atom is -0.461 e. The molecule has 0 N–H and O–H groups in total. The second kappa shape index (κ2) is 8.23. The van der Waals surface area contributed by atoms with Gasteiger partial charge in [-0.1, -0.05) is 18.2 Å². The SMILES string of the molecule is CCOC(=O)c1nn(-c2ccccc2)cc1/C=C/C(=O)c1ccc(F)cc1. The minimum atomic E-state index is -0.568. The third kappa shape index (κ3) is 4.36. The quantitative estimate of drug-likeness (QED) is 0.376. The van der Waals surface area contributed by atoms with E-state index in [0.29, 0.717) is 11.1 Å². The Bertz CT molecular complexity index is 976. The van der Waals surface area contributed by atoms with Crippen molar-refractivity contribution < 1.29 is 18.7 Å². The first-order chi connectivity index (χ1) is 13.1. The number of ketones is 1. The van der Waals surface area contributed by atoms with E-state index < -0.39 is 11.8 Å². The second-order valence-corrected chi connectivity index (χ2v) is 5.64. The third-order valence-corrected chi connectivity index (χ3v) is 3.78. The molecule has 1 heterocycles. The van der Waals surface area contributed by atoms with Gasteiger partial charge in [0.25, 0.3) is 0 Å². The summed E-state index contributed by atoms with van der Waals surface area (Å²) in [7, 11) is 0. The molecule has 0 atom stereocenters. The van der Waals surface area contributed by atoms with Gasteiger partial charge in [-0.3, -0.25) is 4.79 Å². The fourth-order valence-corrected chi connectivity index (χ4v) is 2.46. The predicted molar refractivity (Wildman–Crippen MR) is 99.3 cm³/mol. The zero-order valence-corrected chi connectivity index (χ0v) is 14.6. The van der Waals surface area contributed by atoms with E-state index in [1.54, 1.807) is 17.8 Å². The molecule has 3 rings (SSSR count). The summed E-state index contributed by atoms with van der Waals surface area (Å²) < 4.78 is 19.6. The zero-order valence-electron chi connectivity index (χ0n) is 14.6. The topological polar surface area (TPSA) is 61.2 Å². The standard InChI is InChI=1S/C21H17FN2O3/c1-2-27-21(26)20-16(14-24(23-20)18-6-4-3-5-7-18)10-13-19(25)15-8-11-17(22)12-9-15/h3-14H,2H2,1H3/b13-10+. The summed E-state index contributed by atoms with van der Waals surface area (Å²) in [5.74, 6) is -1.29. The van der Waals surface area contributed by atoms with E-state index in [2.05, 4.69) is 5.10 Å². The molecule has 136 valence electrons. The first-order valence-corrected chi connectivity index (χ1v) is 8.38. The molecule has 5 nitrogen and oxygen atoms in total. The number of halogens is 1. The number of para-hydroxylation sites is 1. The third-order valence-electron chi connectivity index (χ3n) is 3.78. The van der Waals surface area contributed by atoms with Crippen molar-refractivity contribution >= 4 is 17.8 Å². The molecule has 6 heteroatoms. The van der Waals surface area contributed by atoms with Crippen molar-refractivity contribution in [1.29, 1.82) is 0 Å². The number of carbonyl (C=O) groups excluding carboxylic acids is 2. The Balaban J connectivity index is 1.92. The number of esters is 1. The number of benzene rings is 2. The predicted octanol–water partition coefficient (Wildman–Crippen LogP) is 4.08. The lowest BCUT2D eigenvalue weighted by Gasteiger charge is -2.00. The van der Waals surface area contributed by atoms with Crippen molar-refractivity contribution in [2.45, 2.75) is 6.92 Å². The number of carbonyl (C=O) groups is 2. The normalized spacial score (nSPS) is 10.9. The summed E-state index contributed by atoms with van der Waals surface area (Å²) in [5, 5.41) is 4.29. The van der Waals surface area contributed by atoms with Gasteiger partial charge in [0.05, 0.1) is 12.3 Å². The van der Waals surface area contributed by atoms with Crippen molar-refractivity contribution in [1.82, 2.24) is 9.78 Å². The molecule has 0 saturated carbocycles. The van der Waals surface area contributed by atoms with Crippen molar-refractivity contribution in [3.05, 3.63) is 89.5 Å². The summed E-state index contributed by atoms with van der Waals surface area (Å²) in [6, 6.07) is 14.5. The molecular formula is C21H17FN2O3. The highest BCUT2D eigenvalue weighted by molar-refractivity contribution is 6.07. The average Bonchev–Trinajstić information content (AvgIpc) is 3.12. The van der Waals surface area contributed by atoms with Gasteiger partial charge in [0.1, 0.15) is 5.82 Å². The molecule has 0 amide bonds. The van der Waals surface area contributed by atoms with Crippen LogP contribution in [0.1, 0.15) is 33.3 Å². The van der Waals surface area contributed by atoms with E-state index in [-0.39, 0.29) is 18.1 Å². The Morgan fingerprint density at radius 2 is 1.81 bits per heavy atom. The van der Waals surface area contributed by atoms with Crippen LogP contribution in [-0.4, -0.2) is 28.1 Å². The zero-order chi connectivity index (χ0) is 19.2. The Hall–Kier alpha value is -3.54. The Morgan fingerprint density at radius 1 is 1.11 bits per heavy atom. The van der Waals surface area contributed by atoms with Gasteiger partial charge in [-0.2, -0.15) is 5.10 Å². The number of hydrogen-bond donors (Lipinski definition) is 0. The highest BCUT2D eigenvalue weighted by Gasteiger charge is 2.17. The highest BCUT2D eigenvalue weighted by Crippen LogP contribution is 2.16. The Morgan fingerprint density at radius 3 is 2.48 bits per heavy atom. The lowest BCUT2D eigenvalue weighted by molar-refractivity contribution is 0.0518. The fraction of sp³-hybridized carbons (Fsp3) is 0.0952. The van der Waals surface area contributed by atoms with Gasteiger partial charge in [0.2, 0.25) is 0 Å². The molecule has 0 saturated heterocycles. The molecule has 0 fully saturated rings. The molecule has 1 aromatic heterocycles. The second-order valence-electron chi connectivity index (χ2n) is 5.64. The molecule has 0 bridgehead atoms. The maximum atomic E-state index is 13.0. The molecule has 2 aromatic carbocycles. The van der Waals surface area contributed by atoms with Crippen LogP contribution in [0.5, 0.6) is 0 Å². The van der Waals surface area contributed by atoms with Crippen LogP contribution in [0.25, 0.3) is 11.8 Å². The van der Waals surface area contributed by atoms with Crippen LogP contribution in [-0.2, 0) is 4.74 Å². The molecule has 27 heavy (non-hydrogen) atoms. The van der Waals surface area contributed by atoms with E-state index in [1.807, 2.05) is 30.3 Å². The van der Waals surface area contributed by atoms with E-state index in [1.165, 1.54) is 36.4 Å². The van der Waals surface area contributed by atoms with E-state index in [0.717, 1.165) is 5.69 Å². The van der Waals surface area contributed by atoms with Gasteiger partial charge in [-0.15, -0.1) is 0 Å². The largest absolute Gasteiger partial charge is 0.461 e. The number of nitrogens with zero attached hydrogens (tertiary/aromatic N) is 2. The van der Waals surface area contributed by atoms with E-state index >= 15 is 0 Å². The first-order valence-electron chi connectivity index (χ1n) is 8.38. The summed E-state index contributed by atoms with van der Waals surface area (Å²) in [6.07, 6.45) is 4.47. The molecule has 0 aliphatic rings. The van der Waals surface area contributed by atoms with Crippen molar-refractivity contribution in [2.75, 3.05) is 6.61 Å². The molecule has 3 aromatic rings. The summed E-state index contributed by atoms with van der Waals surface area (Å²) in [6.45, 7) is 1.92. The molecule has 0 aliphatic heterocycles. The molecular weight excluding hydrogens is 347 g/mol. The van der Waals surface area contributed by atoms with E-state index in [4.69, 9.17) is 4.74 Å². The monoisotopic (exact) mass is 364 g/mol. The van der Waals surface area contributed by atoms with Gasteiger partial charge in [-0.05, 0) is 55.5 Å². The number of hydrogen-bond acceptors (Lipinski definition) is 4. The number of rotatable bonds is 6. The summed E-state index contributed by atoms with van der Waals surface area (Å²) in [5.41, 5.74) is 1.69. The van der Waals surface area contributed by atoms with Crippen LogP contribution < -0.4 is 0 Å². The van der Waals surface area contributed by atoms with E-state index in [9.17, 15) is 14.0 Å². The van der Waals surface area contributed by atoms with Gasteiger partial charge in [0.15, 0.2) is 11.5 Å². The number of aromatic nitrogens is 2. The number of allylic oxidation sites excluding steroid dienone is 1. The highest BCUT2D eigenvalue weighted by atomic mass is 19.1. The summed E-state index contributed by atoms with van der Waals surface area (Å²) in [4.78, 5) is 24.5. The van der Waals surface area contributed by atoms with Crippen molar-refractivity contribution in [3.8, 4) is 5.69 Å². The fourth-order valence-electron chi connectivity index (χ4n) is 2.46. The Labute approximate surface area is 155 Å². The smallest absolute Gasteiger partial charge is 0.359 e. The molecule has 0 unspecified atom stereocenters. The van der Waals surface area contributed by atoms with Crippen molar-refractivity contribution in [3.63, 3.8) is 0 Å². The number of ether oxygens (including phenoxy) is 1. The van der Waals surface area contributed by atoms with Crippen molar-refractivity contribution in [2.24, 2.45) is 0 Å². The van der Waals surface area contributed by atoms with Crippen LogP contribution in [0.4, 0.5) is 4.39 Å². The van der Waals surface area contributed by atoms with Crippen LogP contribution >= 0.6 is 0 Å². The lowest BCUT2D eigenvalue weighted by atomic mass is 10.1. The minimum absolute atomic E-state index is 0.115. The molecule has 0 spiro atoms. The van der Waals surface area contributed by atoms with Crippen LogP contribution in [0.15, 0.2) is 66.9 Å². The van der Waals surface area contributed by atoms with Crippen LogP contribution in [0.2, 0.25) is 0 Å². The average molecular weight is 364 g/mol. The molecule has 0 aliphatic carbocycles. The van der Waals surface area contributed by atoms with Gasteiger partial charge < -0.3 is 4.74 Å². The van der Waals surface area contributed by atoms with Gasteiger partial charge in [-0.25, -0.2) is 13.9 Å².